The Bertz CT molecular complexity index is 1100. The molecule has 1 aromatic carbocycles. The van der Waals surface area contributed by atoms with Crippen molar-refractivity contribution in [3.05, 3.63) is 38.9 Å². The van der Waals surface area contributed by atoms with Crippen LogP contribution in [0.25, 0.3) is 6.58 Å². The number of nitrogens with zero attached hydrogens (tertiary/aromatic N) is 3. The number of aliphatic hydroxyl groups excluding tert-OH is 4. The predicted octanol–water partition coefficient (Wildman–Crippen LogP) is -1.98. The molecule has 0 saturated carbocycles. The van der Waals surface area contributed by atoms with Gasteiger partial charge < -0.3 is 40.4 Å². The van der Waals surface area contributed by atoms with Gasteiger partial charge in [0.25, 0.3) is 5.56 Å². The fourth-order valence-corrected chi connectivity index (χ4v) is 3.33. The van der Waals surface area contributed by atoms with E-state index >= 15 is 0 Å². The lowest BCUT2D eigenvalue weighted by Crippen LogP contribution is -2.48. The average molecular weight is 433 g/mol. The van der Waals surface area contributed by atoms with Gasteiger partial charge in [-0.2, -0.15) is 0 Å². The molecule has 0 fully saturated rings. The lowest BCUT2D eigenvalue weighted by molar-refractivity contribution is -0.0726. The van der Waals surface area contributed by atoms with E-state index in [0.29, 0.717) is 24.5 Å². The number of hydrogen-bond acceptors (Lipinski definition) is 10. The molecule has 1 aromatic heterocycles. The molecular formula is C20H27N5O6. The van der Waals surface area contributed by atoms with Gasteiger partial charge in [0.15, 0.2) is 11.2 Å². The Balaban J connectivity index is 2.11. The van der Waals surface area contributed by atoms with Crippen LogP contribution in [0, 0.1) is 6.92 Å². The zero-order chi connectivity index (χ0) is 22.7. The van der Waals surface area contributed by atoms with Crippen LogP contribution in [0.1, 0.15) is 5.56 Å². The van der Waals surface area contributed by atoms with E-state index < -0.39 is 30.5 Å². The summed E-state index contributed by atoms with van der Waals surface area (Å²) < 4.78 is 5.07. The van der Waals surface area contributed by atoms with Crippen LogP contribution in [-0.4, -0.2) is 82.1 Å². The average Bonchev–Trinajstić information content (AvgIpc) is 2.73. The Morgan fingerprint density at radius 1 is 1.29 bits per heavy atom. The number of hydrogen-bond donors (Lipinski definition) is 6. The van der Waals surface area contributed by atoms with Crippen molar-refractivity contribution in [1.82, 2.24) is 9.97 Å². The van der Waals surface area contributed by atoms with Gasteiger partial charge in [-0.05, 0) is 24.6 Å². The van der Waals surface area contributed by atoms with Gasteiger partial charge in [-0.1, -0.05) is 6.58 Å². The van der Waals surface area contributed by atoms with Crippen molar-refractivity contribution < 1.29 is 25.2 Å². The van der Waals surface area contributed by atoms with Crippen molar-refractivity contribution in [2.24, 2.45) is 4.99 Å². The molecule has 2 aromatic rings. The first-order chi connectivity index (χ1) is 14.8. The second kappa shape index (κ2) is 9.54. The minimum absolute atomic E-state index is 0.0452. The summed E-state index contributed by atoms with van der Waals surface area (Å²) in [4.78, 5) is 25.2. The highest BCUT2D eigenvalue weighted by molar-refractivity contribution is 5.80. The molecular weight excluding hydrogens is 406 g/mol. The molecule has 31 heavy (non-hydrogen) atoms. The second-order valence-corrected chi connectivity index (χ2v) is 7.29. The summed E-state index contributed by atoms with van der Waals surface area (Å²) in [6.45, 7) is 5.69. The normalized spacial score (nSPS) is 15.5. The van der Waals surface area contributed by atoms with Gasteiger partial charge >= 0.3 is 0 Å². The number of rotatable bonds is 9. The van der Waals surface area contributed by atoms with Gasteiger partial charge in [-0.3, -0.25) is 4.79 Å². The van der Waals surface area contributed by atoms with Crippen LogP contribution in [0.3, 0.4) is 0 Å². The molecule has 3 atom stereocenters. The van der Waals surface area contributed by atoms with E-state index in [2.05, 4.69) is 26.9 Å². The van der Waals surface area contributed by atoms with Crippen molar-refractivity contribution >= 4 is 29.5 Å². The Morgan fingerprint density at radius 2 is 2.03 bits per heavy atom. The highest BCUT2D eigenvalue weighted by atomic mass is 16.5. The molecule has 0 unspecified atom stereocenters. The van der Waals surface area contributed by atoms with Crippen LogP contribution in [0.5, 0.6) is 0 Å². The largest absolute Gasteiger partial charge is 0.394 e. The third kappa shape index (κ3) is 4.75. The SMILES string of the molecule is C=c1nc2c(c(=O)[nH]1)=Nc1cc(C)c(NCCOC)cc1N2C[C@H](O)[C@H](O)[C@H](O)CO. The van der Waals surface area contributed by atoms with E-state index in [1.54, 1.807) is 24.1 Å². The number of nitrogens with one attached hydrogen (secondary N) is 2. The van der Waals surface area contributed by atoms with Crippen LogP contribution in [0.15, 0.2) is 21.9 Å². The van der Waals surface area contributed by atoms with Gasteiger partial charge in [0.2, 0.25) is 0 Å². The van der Waals surface area contributed by atoms with Crippen molar-refractivity contribution in [3.8, 4) is 0 Å². The highest BCUT2D eigenvalue weighted by Crippen LogP contribution is 2.38. The number of methoxy groups -OCH3 is 1. The van der Waals surface area contributed by atoms with Gasteiger partial charge in [0.05, 0.1) is 31.1 Å². The summed E-state index contributed by atoms with van der Waals surface area (Å²) in [5, 5.41) is 42.7. The lowest BCUT2D eigenvalue weighted by atomic mass is 10.1. The first-order valence-corrected chi connectivity index (χ1v) is 9.74. The Hall–Kier alpha value is -2.83. The molecule has 6 N–H and O–H groups in total. The molecule has 11 nitrogen and oxygen atoms in total. The van der Waals surface area contributed by atoms with E-state index in [0.717, 1.165) is 11.3 Å². The fourth-order valence-electron chi connectivity index (χ4n) is 3.33. The quantitative estimate of drug-likeness (QED) is 0.246. The van der Waals surface area contributed by atoms with Crippen LogP contribution in [-0.2, 0) is 4.74 Å². The van der Waals surface area contributed by atoms with Crippen molar-refractivity contribution in [3.63, 3.8) is 0 Å². The Kier molecular flexibility index (Phi) is 7.03. The zero-order valence-electron chi connectivity index (χ0n) is 17.4. The molecule has 1 aliphatic rings. The summed E-state index contributed by atoms with van der Waals surface area (Å²) >= 11 is 0. The molecule has 168 valence electrons. The number of β-amino-alcohol motifs (C(OH)–C–C–N with tert-alkyl or cyclic N) is 1. The zero-order valence-corrected chi connectivity index (χ0v) is 17.4. The monoisotopic (exact) mass is 433 g/mol. The minimum Gasteiger partial charge on any atom is -0.394 e. The number of benzene rings is 1. The molecule has 0 radical (unpaired) electrons. The van der Waals surface area contributed by atoms with Crippen molar-refractivity contribution in [2.45, 2.75) is 25.2 Å². The van der Waals surface area contributed by atoms with Crippen molar-refractivity contribution in [2.75, 3.05) is 43.6 Å². The number of aliphatic hydroxyl groups is 4. The molecule has 0 saturated heterocycles. The summed E-state index contributed by atoms with van der Waals surface area (Å²) in [5.74, 6) is 0.165. The molecule has 0 amide bonds. The fraction of sp³-hybridized carbons (Fsp3) is 0.450. The predicted molar refractivity (Wildman–Crippen MR) is 114 cm³/mol. The Labute approximate surface area is 178 Å². The van der Waals surface area contributed by atoms with E-state index in [1.807, 2.05) is 6.92 Å². The smallest absolute Gasteiger partial charge is 0.279 e. The summed E-state index contributed by atoms with van der Waals surface area (Å²) in [6.07, 6.45) is -4.59. The number of H-pyrrole nitrogens is 1. The molecule has 0 aliphatic carbocycles. The van der Waals surface area contributed by atoms with Crippen molar-refractivity contribution in [1.29, 1.82) is 0 Å². The van der Waals surface area contributed by atoms with Crippen LogP contribution >= 0.6 is 0 Å². The third-order valence-corrected chi connectivity index (χ3v) is 4.99. The molecule has 1 aliphatic heterocycles. The number of aryl methyl sites for hydroxylation is 1. The first kappa shape index (κ1) is 22.8. The standard InChI is InChI=1S/C20H27N5O6/c1-10-6-13-14(7-12(10)21-4-5-31-3)25(8-15(27)18(29)16(28)9-26)19-17(24-13)20(30)23-11(2)22-19/h6-7,15-16,18,21,26-29H,2,4-5,8-9H2,1,3H3,(H,23,30)/t15-,16+,18-/m0/s1. The number of anilines is 3. The van der Waals surface area contributed by atoms with Crippen LogP contribution < -0.4 is 26.6 Å². The first-order valence-electron chi connectivity index (χ1n) is 9.74. The maximum atomic E-state index is 12.5. The van der Waals surface area contributed by atoms with Gasteiger partial charge in [0.1, 0.15) is 23.8 Å². The maximum absolute atomic E-state index is 12.5. The molecule has 3 rings (SSSR count). The number of ether oxygens (including phenoxy) is 1. The second-order valence-electron chi connectivity index (χ2n) is 7.29. The molecule has 0 bridgehead atoms. The van der Waals surface area contributed by atoms with Crippen LogP contribution in [0.4, 0.5) is 22.9 Å². The number of aromatic amines is 1. The van der Waals surface area contributed by atoms with Crippen LogP contribution in [0.2, 0.25) is 0 Å². The van der Waals surface area contributed by atoms with Gasteiger partial charge in [-0.25, -0.2) is 9.98 Å². The Morgan fingerprint density at radius 3 is 2.71 bits per heavy atom. The molecule has 0 spiro atoms. The number of aromatic nitrogens is 2. The third-order valence-electron chi connectivity index (χ3n) is 4.99. The van der Waals surface area contributed by atoms with E-state index in [-0.39, 0.29) is 23.2 Å². The van der Waals surface area contributed by atoms with E-state index in [9.17, 15) is 20.1 Å². The molecule has 11 heteroatoms. The van der Waals surface area contributed by atoms with E-state index in [1.165, 1.54) is 0 Å². The minimum atomic E-state index is -1.61. The molecule has 2 heterocycles. The van der Waals surface area contributed by atoms with Gasteiger partial charge in [0, 0.05) is 19.3 Å². The maximum Gasteiger partial charge on any atom is 0.279 e. The number of fused-ring (bicyclic) bond motifs is 2. The highest BCUT2D eigenvalue weighted by Gasteiger charge is 2.31. The van der Waals surface area contributed by atoms with E-state index in [4.69, 9.17) is 9.84 Å². The van der Waals surface area contributed by atoms with Gasteiger partial charge in [-0.15, -0.1) is 0 Å². The lowest BCUT2D eigenvalue weighted by Gasteiger charge is -2.32. The summed E-state index contributed by atoms with van der Waals surface area (Å²) in [7, 11) is 1.60. The topological polar surface area (TPSA) is 164 Å². The summed E-state index contributed by atoms with van der Waals surface area (Å²) in [5.41, 5.74) is 2.33. The summed E-state index contributed by atoms with van der Waals surface area (Å²) in [6, 6.07) is 3.60.